The Morgan fingerprint density at radius 1 is 1.00 bits per heavy atom. The molecule has 2 aliphatic rings. The van der Waals surface area contributed by atoms with Crippen LogP contribution in [0.2, 0.25) is 0 Å². The summed E-state index contributed by atoms with van der Waals surface area (Å²) in [7, 11) is 3.38. The van der Waals surface area contributed by atoms with Crippen LogP contribution in [-0.4, -0.2) is 20.3 Å². The third-order valence-electron chi connectivity index (χ3n) is 4.71. The average Bonchev–Trinajstić information content (AvgIpc) is 2.93. The van der Waals surface area contributed by atoms with Crippen molar-refractivity contribution in [3.8, 4) is 11.5 Å². The number of rotatable bonds is 3. The summed E-state index contributed by atoms with van der Waals surface area (Å²) in [4.78, 5) is 0. The molecule has 1 aromatic carbocycles. The molecule has 19 heavy (non-hydrogen) atoms. The van der Waals surface area contributed by atoms with E-state index in [1.165, 1.54) is 37.7 Å². The molecule has 104 valence electrons. The first-order chi connectivity index (χ1) is 9.31. The van der Waals surface area contributed by atoms with Crippen molar-refractivity contribution in [3.05, 3.63) is 23.8 Å². The van der Waals surface area contributed by atoms with Crippen LogP contribution in [0.3, 0.4) is 0 Å². The fourth-order valence-electron chi connectivity index (χ4n) is 3.66. The lowest BCUT2D eigenvalue weighted by Crippen LogP contribution is -2.40. The molecule has 3 atom stereocenters. The number of hydrogen-bond acceptors (Lipinski definition) is 3. The molecule has 3 rings (SSSR count). The molecule has 3 heteroatoms. The van der Waals surface area contributed by atoms with Gasteiger partial charge >= 0.3 is 0 Å². The van der Waals surface area contributed by atoms with E-state index in [-0.39, 0.29) is 0 Å². The zero-order valence-electron chi connectivity index (χ0n) is 11.8. The Balaban J connectivity index is 1.78. The number of methoxy groups -OCH3 is 2. The van der Waals surface area contributed by atoms with Gasteiger partial charge in [-0.15, -0.1) is 0 Å². The fraction of sp³-hybridized carbons (Fsp3) is 0.625. The molecule has 1 saturated heterocycles. The summed E-state index contributed by atoms with van der Waals surface area (Å²) < 4.78 is 10.7. The van der Waals surface area contributed by atoms with Gasteiger partial charge < -0.3 is 14.8 Å². The molecule has 0 bridgehead atoms. The predicted octanol–water partition coefficient (Wildman–Crippen LogP) is 3.30. The van der Waals surface area contributed by atoms with Crippen molar-refractivity contribution in [1.82, 2.24) is 5.32 Å². The van der Waals surface area contributed by atoms with Crippen molar-refractivity contribution in [2.45, 2.75) is 44.2 Å². The highest BCUT2D eigenvalue weighted by Crippen LogP contribution is 2.39. The first-order valence-electron chi connectivity index (χ1n) is 7.30. The topological polar surface area (TPSA) is 30.5 Å². The predicted molar refractivity (Wildman–Crippen MR) is 75.8 cm³/mol. The van der Waals surface area contributed by atoms with E-state index in [1.807, 2.05) is 6.07 Å². The molecule has 1 saturated carbocycles. The zero-order chi connectivity index (χ0) is 13.2. The summed E-state index contributed by atoms with van der Waals surface area (Å²) in [5, 5.41) is 3.82. The van der Waals surface area contributed by atoms with Crippen LogP contribution in [0.5, 0.6) is 11.5 Å². The van der Waals surface area contributed by atoms with Gasteiger partial charge in [0.25, 0.3) is 0 Å². The van der Waals surface area contributed by atoms with Crippen LogP contribution in [0, 0.1) is 5.92 Å². The summed E-state index contributed by atoms with van der Waals surface area (Å²) in [6.45, 7) is 0. The highest BCUT2D eigenvalue weighted by Gasteiger charge is 2.33. The first-order valence-corrected chi connectivity index (χ1v) is 7.30. The maximum absolute atomic E-state index is 5.40. The molecule has 0 amide bonds. The maximum atomic E-state index is 5.40. The van der Waals surface area contributed by atoms with Crippen LogP contribution in [0.4, 0.5) is 0 Å². The number of hydrogen-bond donors (Lipinski definition) is 1. The van der Waals surface area contributed by atoms with Crippen LogP contribution >= 0.6 is 0 Å². The Hall–Kier alpha value is -1.22. The second-order valence-electron chi connectivity index (χ2n) is 5.71. The van der Waals surface area contributed by atoms with Crippen molar-refractivity contribution in [3.63, 3.8) is 0 Å². The van der Waals surface area contributed by atoms with E-state index in [0.717, 1.165) is 23.5 Å². The number of nitrogens with one attached hydrogen (secondary N) is 1. The van der Waals surface area contributed by atoms with Crippen LogP contribution in [0.15, 0.2) is 18.2 Å². The lowest BCUT2D eigenvalue weighted by atomic mass is 9.87. The van der Waals surface area contributed by atoms with Crippen molar-refractivity contribution < 1.29 is 9.47 Å². The van der Waals surface area contributed by atoms with E-state index < -0.39 is 0 Å². The largest absolute Gasteiger partial charge is 0.493 e. The molecular weight excluding hydrogens is 238 g/mol. The van der Waals surface area contributed by atoms with Gasteiger partial charge in [0.1, 0.15) is 0 Å². The molecular formula is C16H23NO2. The van der Waals surface area contributed by atoms with Crippen LogP contribution in [0.1, 0.15) is 43.7 Å². The minimum absolute atomic E-state index is 0.471. The molecule has 1 heterocycles. The Labute approximate surface area is 115 Å². The molecule has 2 fully saturated rings. The summed E-state index contributed by atoms with van der Waals surface area (Å²) in [5.74, 6) is 2.55. The van der Waals surface area contributed by atoms with Gasteiger partial charge in [-0.1, -0.05) is 12.5 Å². The van der Waals surface area contributed by atoms with Gasteiger partial charge in [-0.05, 0) is 49.3 Å². The van der Waals surface area contributed by atoms with Crippen molar-refractivity contribution in [1.29, 1.82) is 0 Å². The highest BCUT2D eigenvalue weighted by molar-refractivity contribution is 5.43. The Bertz CT molecular complexity index is 446. The lowest BCUT2D eigenvalue weighted by Gasteiger charge is -2.34. The zero-order valence-corrected chi connectivity index (χ0v) is 11.8. The minimum Gasteiger partial charge on any atom is -0.493 e. The van der Waals surface area contributed by atoms with Gasteiger partial charge in [0, 0.05) is 12.1 Å². The fourth-order valence-corrected chi connectivity index (χ4v) is 3.66. The normalized spacial score (nSPS) is 29.9. The van der Waals surface area contributed by atoms with Gasteiger partial charge in [0.05, 0.1) is 14.2 Å². The van der Waals surface area contributed by atoms with Gasteiger partial charge in [-0.3, -0.25) is 0 Å². The summed E-state index contributed by atoms with van der Waals surface area (Å²) in [5.41, 5.74) is 1.32. The highest BCUT2D eigenvalue weighted by atomic mass is 16.5. The van der Waals surface area contributed by atoms with Gasteiger partial charge in [0.2, 0.25) is 0 Å². The molecule has 1 aliphatic carbocycles. The number of ether oxygens (including phenoxy) is 2. The van der Waals surface area contributed by atoms with E-state index in [9.17, 15) is 0 Å². The second-order valence-corrected chi connectivity index (χ2v) is 5.71. The van der Waals surface area contributed by atoms with Crippen molar-refractivity contribution >= 4 is 0 Å². The monoisotopic (exact) mass is 261 g/mol. The number of piperidine rings is 1. The SMILES string of the molecule is COc1ccc(C2CCC3CCCC3N2)cc1OC. The number of fused-ring (bicyclic) bond motifs is 1. The first kappa shape index (κ1) is 12.8. The molecule has 0 aromatic heterocycles. The summed E-state index contributed by atoms with van der Waals surface area (Å²) >= 11 is 0. The van der Waals surface area contributed by atoms with Gasteiger partial charge in [-0.2, -0.15) is 0 Å². The Kier molecular flexibility index (Phi) is 3.65. The van der Waals surface area contributed by atoms with E-state index in [2.05, 4.69) is 17.4 Å². The molecule has 3 nitrogen and oxygen atoms in total. The maximum Gasteiger partial charge on any atom is 0.161 e. The van der Waals surface area contributed by atoms with E-state index in [1.54, 1.807) is 14.2 Å². The van der Waals surface area contributed by atoms with Gasteiger partial charge in [0.15, 0.2) is 11.5 Å². The number of benzene rings is 1. The molecule has 1 aromatic rings. The van der Waals surface area contributed by atoms with Crippen LogP contribution in [-0.2, 0) is 0 Å². The molecule has 3 unspecified atom stereocenters. The third kappa shape index (κ3) is 2.44. The third-order valence-corrected chi connectivity index (χ3v) is 4.71. The molecule has 0 radical (unpaired) electrons. The second kappa shape index (κ2) is 5.41. The van der Waals surface area contributed by atoms with Gasteiger partial charge in [-0.25, -0.2) is 0 Å². The van der Waals surface area contributed by atoms with E-state index in [0.29, 0.717) is 6.04 Å². The van der Waals surface area contributed by atoms with E-state index in [4.69, 9.17) is 9.47 Å². The smallest absolute Gasteiger partial charge is 0.161 e. The molecule has 1 N–H and O–H groups in total. The Morgan fingerprint density at radius 3 is 2.63 bits per heavy atom. The molecule has 0 spiro atoms. The molecule has 1 aliphatic heterocycles. The standard InChI is InChI=1S/C16H23NO2/c1-18-15-9-7-12(10-16(15)19-2)14-8-6-11-4-3-5-13(11)17-14/h7,9-11,13-14,17H,3-6,8H2,1-2H3. The van der Waals surface area contributed by atoms with E-state index >= 15 is 0 Å². The summed E-state index contributed by atoms with van der Waals surface area (Å²) in [6, 6.07) is 7.49. The average molecular weight is 261 g/mol. The Morgan fingerprint density at radius 2 is 1.84 bits per heavy atom. The van der Waals surface area contributed by atoms with Crippen LogP contribution in [0.25, 0.3) is 0 Å². The quantitative estimate of drug-likeness (QED) is 0.905. The minimum atomic E-state index is 0.471. The summed E-state index contributed by atoms with van der Waals surface area (Å²) in [6.07, 6.45) is 6.74. The van der Waals surface area contributed by atoms with Crippen molar-refractivity contribution in [2.24, 2.45) is 5.92 Å². The van der Waals surface area contributed by atoms with Crippen LogP contribution < -0.4 is 14.8 Å². The van der Waals surface area contributed by atoms with Crippen molar-refractivity contribution in [2.75, 3.05) is 14.2 Å². The lowest BCUT2D eigenvalue weighted by molar-refractivity contribution is 0.260.